The zero-order valence-electron chi connectivity index (χ0n) is 9.85. The monoisotopic (exact) mass is 137 g/mol. The summed E-state index contributed by atoms with van der Waals surface area (Å²) < 4.78 is 30.4. The SMILES string of the molecule is [3H]C1([3H])CC(C)CC([3H])([3H])N1OC. The first kappa shape index (κ1) is 3.35. The normalized spacial score (nSPS) is 42.4. The number of piperidine rings is 1. The molecule has 1 aliphatic rings. The van der Waals surface area contributed by atoms with Crippen molar-refractivity contribution in [1.29, 1.82) is 0 Å². The Morgan fingerprint density at radius 2 is 2.11 bits per heavy atom. The Hall–Kier alpha value is -0.0800. The predicted octanol–water partition coefficient (Wildman–Crippen LogP) is 1.28. The molecule has 1 rings (SSSR count). The van der Waals surface area contributed by atoms with Gasteiger partial charge < -0.3 is 4.84 Å². The van der Waals surface area contributed by atoms with Crippen molar-refractivity contribution in [3.05, 3.63) is 0 Å². The van der Waals surface area contributed by atoms with Gasteiger partial charge in [-0.3, -0.25) is 0 Å². The molecule has 1 heterocycles. The zero-order valence-corrected chi connectivity index (χ0v) is 5.85. The topological polar surface area (TPSA) is 12.5 Å². The van der Waals surface area contributed by atoms with Crippen LogP contribution in [0.5, 0.6) is 0 Å². The minimum Gasteiger partial charge on any atom is -0.302 e. The lowest BCUT2D eigenvalue weighted by atomic mass is 10.0. The van der Waals surface area contributed by atoms with Gasteiger partial charge in [-0.1, -0.05) is 6.92 Å². The van der Waals surface area contributed by atoms with Crippen LogP contribution in [0.25, 0.3) is 0 Å². The maximum atomic E-state index is 7.60. The highest BCUT2D eigenvalue weighted by atomic mass is 16.7. The van der Waals surface area contributed by atoms with E-state index in [0.717, 1.165) is 5.06 Å². The van der Waals surface area contributed by atoms with Gasteiger partial charge in [0.1, 0.15) is 0 Å². The van der Waals surface area contributed by atoms with Gasteiger partial charge in [-0.15, -0.1) is 0 Å². The van der Waals surface area contributed by atoms with E-state index in [1.54, 1.807) is 0 Å². The van der Waals surface area contributed by atoms with Gasteiger partial charge in [0.2, 0.25) is 0 Å². The molecule has 0 N–H and O–H groups in total. The Morgan fingerprint density at radius 3 is 2.56 bits per heavy atom. The quantitative estimate of drug-likeness (QED) is 0.540. The van der Waals surface area contributed by atoms with Gasteiger partial charge in [0, 0.05) is 18.5 Å². The zero-order chi connectivity index (χ0) is 10.3. The standard InChI is InChI=1S/C7H15NO/c1-7-3-5-8(9-2)6-4-7/h7H,3-6H2,1-2H3/i5T2,6T2. The number of rotatable bonds is 1. The Balaban J connectivity index is 2.88. The average molecular weight is 137 g/mol. The van der Waals surface area contributed by atoms with E-state index in [9.17, 15) is 0 Å². The molecule has 2 nitrogen and oxygen atoms in total. The molecule has 0 spiro atoms. The van der Waals surface area contributed by atoms with Crippen LogP contribution in [0.3, 0.4) is 0 Å². The van der Waals surface area contributed by atoms with Gasteiger partial charge in [-0.05, 0) is 18.8 Å². The van der Waals surface area contributed by atoms with E-state index in [2.05, 4.69) is 0 Å². The Bertz CT molecular complexity index is 179. The van der Waals surface area contributed by atoms with Gasteiger partial charge in [0.05, 0.1) is 7.11 Å². The molecule has 1 saturated heterocycles. The summed E-state index contributed by atoms with van der Waals surface area (Å²) in [4.78, 5) is 4.75. The van der Waals surface area contributed by atoms with Crippen LogP contribution in [0.2, 0.25) is 0 Å². The highest BCUT2D eigenvalue weighted by Gasteiger charge is 2.14. The molecule has 0 saturated carbocycles. The van der Waals surface area contributed by atoms with E-state index in [1.165, 1.54) is 7.11 Å². The molecule has 0 aliphatic carbocycles. The lowest BCUT2D eigenvalue weighted by Crippen LogP contribution is -2.31. The molecule has 0 aromatic rings. The molecule has 0 aromatic heterocycles. The molecule has 0 aromatic carbocycles. The second-order valence-corrected chi connectivity index (χ2v) is 2.31. The summed E-state index contributed by atoms with van der Waals surface area (Å²) in [5.41, 5.74) is 0. The average Bonchev–Trinajstić information content (AvgIpc) is 1.79. The van der Waals surface area contributed by atoms with Crippen LogP contribution in [0.4, 0.5) is 0 Å². The molecule has 9 heavy (non-hydrogen) atoms. The van der Waals surface area contributed by atoms with Crippen LogP contribution in [0, 0.1) is 5.92 Å². The number of hydrogen-bond donors (Lipinski definition) is 0. The minimum absolute atomic E-state index is 0.0383. The second kappa shape index (κ2) is 3.18. The van der Waals surface area contributed by atoms with Crippen molar-refractivity contribution in [3.8, 4) is 0 Å². The van der Waals surface area contributed by atoms with Crippen molar-refractivity contribution in [1.82, 2.24) is 5.06 Å². The first-order valence-corrected chi connectivity index (χ1v) is 3.14. The Labute approximate surface area is 62.4 Å². The third-order valence-corrected chi connectivity index (χ3v) is 1.35. The lowest BCUT2D eigenvalue weighted by Gasteiger charge is -2.27. The van der Waals surface area contributed by atoms with Crippen molar-refractivity contribution < 1.29 is 10.3 Å². The van der Waals surface area contributed by atoms with Gasteiger partial charge >= 0.3 is 0 Å². The molecule has 0 bridgehead atoms. The van der Waals surface area contributed by atoms with E-state index < -0.39 is 13.0 Å². The summed E-state index contributed by atoms with van der Waals surface area (Å²) in [6.45, 7) is -1.57. The number of hydroxylamine groups is 2. The summed E-state index contributed by atoms with van der Waals surface area (Å²) >= 11 is 0. The lowest BCUT2D eigenvalue weighted by molar-refractivity contribution is -0.146. The summed E-state index contributed by atoms with van der Waals surface area (Å²) in [7, 11) is 1.30. The molecular weight excluding hydrogens is 114 g/mol. The van der Waals surface area contributed by atoms with Crippen LogP contribution < -0.4 is 0 Å². The Morgan fingerprint density at radius 1 is 1.56 bits per heavy atom. The summed E-state index contributed by atoms with van der Waals surface area (Å²) in [6, 6.07) is 0. The van der Waals surface area contributed by atoms with Gasteiger partial charge in [0.15, 0.2) is 0 Å². The smallest absolute Gasteiger partial charge is 0.0575 e. The first-order valence-electron chi connectivity index (χ1n) is 5.14. The van der Waals surface area contributed by atoms with E-state index in [4.69, 9.17) is 10.3 Å². The number of nitrogens with zero attached hydrogens (tertiary/aromatic N) is 1. The third-order valence-electron chi connectivity index (χ3n) is 1.35. The molecule has 1 aliphatic heterocycles. The fourth-order valence-electron chi connectivity index (χ4n) is 0.735. The molecule has 0 amide bonds. The van der Waals surface area contributed by atoms with Crippen LogP contribution in [-0.2, 0) is 4.84 Å². The maximum absolute atomic E-state index is 7.60. The summed E-state index contributed by atoms with van der Waals surface area (Å²) in [6.07, 6.45) is 0.612. The minimum atomic E-state index is -1.71. The Kier molecular flexibility index (Phi) is 1.18. The van der Waals surface area contributed by atoms with Crippen molar-refractivity contribution >= 4 is 0 Å². The van der Waals surface area contributed by atoms with Gasteiger partial charge in [-0.2, -0.15) is 5.06 Å². The van der Waals surface area contributed by atoms with E-state index in [-0.39, 0.29) is 5.92 Å². The molecular formula is C7H15NO. The van der Waals surface area contributed by atoms with Gasteiger partial charge in [0.25, 0.3) is 0 Å². The van der Waals surface area contributed by atoms with E-state index in [0.29, 0.717) is 12.8 Å². The third kappa shape index (κ3) is 1.95. The molecule has 1 fully saturated rings. The highest BCUT2D eigenvalue weighted by molar-refractivity contribution is 4.62. The van der Waals surface area contributed by atoms with Crippen LogP contribution in [-0.4, -0.2) is 25.2 Å². The maximum Gasteiger partial charge on any atom is 0.0575 e. The van der Waals surface area contributed by atoms with Crippen molar-refractivity contribution in [2.75, 3.05) is 20.1 Å². The fraction of sp³-hybridized carbons (Fsp3) is 1.00. The second-order valence-electron chi connectivity index (χ2n) is 2.31. The van der Waals surface area contributed by atoms with Crippen molar-refractivity contribution in [3.63, 3.8) is 0 Å². The summed E-state index contributed by atoms with van der Waals surface area (Å²) in [5, 5.41) is 0.819. The molecule has 54 valence electrons. The number of hydrogen-bond acceptors (Lipinski definition) is 2. The van der Waals surface area contributed by atoms with Crippen LogP contribution in [0.1, 0.15) is 25.2 Å². The molecule has 0 atom stereocenters. The largest absolute Gasteiger partial charge is 0.302 e. The van der Waals surface area contributed by atoms with Crippen molar-refractivity contribution in [2.24, 2.45) is 5.92 Å². The van der Waals surface area contributed by atoms with E-state index >= 15 is 0 Å². The summed E-state index contributed by atoms with van der Waals surface area (Å²) in [5.74, 6) is 0.0383. The van der Waals surface area contributed by atoms with E-state index in [1.807, 2.05) is 6.92 Å². The predicted molar refractivity (Wildman–Crippen MR) is 37.0 cm³/mol. The fourth-order valence-corrected chi connectivity index (χ4v) is 0.735. The highest BCUT2D eigenvalue weighted by Crippen LogP contribution is 2.14. The first-order chi connectivity index (χ1) is 5.79. The van der Waals surface area contributed by atoms with Crippen LogP contribution >= 0.6 is 0 Å². The molecule has 2 heteroatoms. The van der Waals surface area contributed by atoms with Crippen LogP contribution in [0.15, 0.2) is 0 Å². The molecule has 0 unspecified atom stereocenters. The van der Waals surface area contributed by atoms with Crippen molar-refractivity contribution in [2.45, 2.75) is 19.8 Å². The van der Waals surface area contributed by atoms with Gasteiger partial charge in [-0.25, -0.2) is 0 Å². The molecule has 0 radical (unpaired) electrons.